The van der Waals surface area contributed by atoms with E-state index in [2.05, 4.69) is 187 Å². The maximum Gasteiger partial charge on any atom is 0.135 e. The molecule has 2 nitrogen and oxygen atoms in total. The number of benzene rings is 12. The Kier molecular flexibility index (Phi) is 5.92. The third kappa shape index (κ3) is 4.16. The molecule has 0 aliphatic rings. The zero-order chi connectivity index (χ0) is 36.5. The fraction of sp³-hybridized carbons (Fsp3) is 0. The SMILES string of the molecule is c1cc2ccc3cc(-c4ccc(N(c5cc6ccc7cccc8ccc(c5)c6c78)c5ccc6oc7ccccc7c6c5)c5ccccc45)cc4ccc(c1)c2c34. The van der Waals surface area contributed by atoms with E-state index in [-0.39, 0.29) is 0 Å². The summed E-state index contributed by atoms with van der Waals surface area (Å²) in [6.07, 6.45) is 0. The Hall–Kier alpha value is -7.42. The second-order valence-electron chi connectivity index (χ2n) is 15.3. The fourth-order valence-electron chi connectivity index (χ4n) is 9.79. The van der Waals surface area contributed by atoms with Crippen LogP contribution in [0.25, 0.3) is 108 Å². The molecule has 13 aromatic rings. The van der Waals surface area contributed by atoms with E-state index in [0.717, 1.165) is 39.0 Å². The second-order valence-corrected chi connectivity index (χ2v) is 15.3. The van der Waals surface area contributed by atoms with E-state index in [1.165, 1.54) is 86.5 Å². The molecule has 12 aromatic carbocycles. The highest BCUT2D eigenvalue weighted by atomic mass is 16.3. The van der Waals surface area contributed by atoms with Crippen LogP contribution >= 0.6 is 0 Å². The Labute approximate surface area is 321 Å². The number of furan rings is 1. The van der Waals surface area contributed by atoms with Gasteiger partial charge in [0.05, 0.1) is 5.69 Å². The van der Waals surface area contributed by atoms with Crippen LogP contribution < -0.4 is 4.90 Å². The van der Waals surface area contributed by atoms with Crippen LogP contribution in [-0.2, 0) is 0 Å². The van der Waals surface area contributed by atoms with E-state index in [0.29, 0.717) is 0 Å². The van der Waals surface area contributed by atoms with E-state index in [1.54, 1.807) is 0 Å². The van der Waals surface area contributed by atoms with Crippen LogP contribution in [0.3, 0.4) is 0 Å². The highest BCUT2D eigenvalue weighted by Gasteiger charge is 2.21. The summed E-state index contributed by atoms with van der Waals surface area (Å²) < 4.78 is 6.32. The predicted molar refractivity (Wildman–Crippen MR) is 239 cm³/mol. The minimum Gasteiger partial charge on any atom is -0.456 e. The van der Waals surface area contributed by atoms with Crippen molar-refractivity contribution >= 4 is 114 Å². The number of hydrogen-bond acceptors (Lipinski definition) is 2. The Balaban J connectivity index is 1.07. The number of fused-ring (bicyclic) bond motifs is 4. The van der Waals surface area contributed by atoms with Gasteiger partial charge in [0.1, 0.15) is 11.2 Å². The number of hydrogen-bond donors (Lipinski definition) is 0. The molecule has 258 valence electrons. The molecule has 1 heterocycles. The number of anilines is 3. The zero-order valence-electron chi connectivity index (χ0n) is 30.3. The summed E-state index contributed by atoms with van der Waals surface area (Å²) in [5, 5.41) is 20.1. The maximum absolute atomic E-state index is 6.32. The lowest BCUT2D eigenvalue weighted by molar-refractivity contribution is 0.669. The number of rotatable bonds is 4. The molecule has 56 heavy (non-hydrogen) atoms. The Morgan fingerprint density at radius 2 is 0.804 bits per heavy atom. The molecule has 0 unspecified atom stereocenters. The first-order chi connectivity index (χ1) is 27.7. The first-order valence-corrected chi connectivity index (χ1v) is 19.3. The van der Waals surface area contributed by atoms with Gasteiger partial charge in [-0.1, -0.05) is 133 Å². The molecule has 0 aliphatic heterocycles. The topological polar surface area (TPSA) is 16.4 Å². The highest BCUT2D eigenvalue weighted by molar-refractivity contribution is 6.25. The van der Waals surface area contributed by atoms with Crippen molar-refractivity contribution in [2.24, 2.45) is 0 Å². The molecule has 13 rings (SSSR count). The predicted octanol–water partition coefficient (Wildman–Crippen LogP) is 15.7. The summed E-state index contributed by atoms with van der Waals surface area (Å²) in [4.78, 5) is 2.45. The van der Waals surface area contributed by atoms with Crippen molar-refractivity contribution < 1.29 is 4.42 Å². The molecule has 1 aromatic heterocycles. The normalized spacial score (nSPS) is 12.3. The summed E-state index contributed by atoms with van der Waals surface area (Å²) in [6, 6.07) is 69.4. The third-order valence-corrected chi connectivity index (χ3v) is 12.2. The zero-order valence-corrected chi connectivity index (χ0v) is 30.3. The number of nitrogens with zero attached hydrogens (tertiary/aromatic N) is 1. The first-order valence-electron chi connectivity index (χ1n) is 19.3. The summed E-state index contributed by atoms with van der Waals surface area (Å²) in [7, 11) is 0. The Bertz CT molecular complexity index is 3590. The van der Waals surface area contributed by atoms with Gasteiger partial charge < -0.3 is 9.32 Å². The molecule has 0 spiro atoms. The average molecular weight is 710 g/mol. The molecule has 0 saturated carbocycles. The van der Waals surface area contributed by atoms with Crippen molar-refractivity contribution in [1.29, 1.82) is 0 Å². The fourth-order valence-corrected chi connectivity index (χ4v) is 9.79. The quantitative estimate of drug-likeness (QED) is 0.169. The second kappa shape index (κ2) is 11.1. The van der Waals surface area contributed by atoms with Gasteiger partial charge in [0.25, 0.3) is 0 Å². The summed E-state index contributed by atoms with van der Waals surface area (Å²) in [5.74, 6) is 0. The van der Waals surface area contributed by atoms with Crippen molar-refractivity contribution in [1.82, 2.24) is 0 Å². The lowest BCUT2D eigenvalue weighted by Crippen LogP contribution is -2.11. The molecule has 2 heteroatoms. The lowest BCUT2D eigenvalue weighted by atomic mass is 9.89. The van der Waals surface area contributed by atoms with Crippen LogP contribution in [0.1, 0.15) is 0 Å². The van der Waals surface area contributed by atoms with Crippen molar-refractivity contribution in [3.8, 4) is 11.1 Å². The lowest BCUT2D eigenvalue weighted by Gasteiger charge is -2.28. The van der Waals surface area contributed by atoms with Crippen LogP contribution in [0.5, 0.6) is 0 Å². The molecular formula is C54H31NO. The van der Waals surface area contributed by atoms with Gasteiger partial charge in [0, 0.05) is 27.5 Å². The third-order valence-electron chi connectivity index (χ3n) is 12.2. The van der Waals surface area contributed by atoms with Gasteiger partial charge in [0.2, 0.25) is 0 Å². The van der Waals surface area contributed by atoms with E-state index >= 15 is 0 Å². The summed E-state index contributed by atoms with van der Waals surface area (Å²) >= 11 is 0. The van der Waals surface area contributed by atoms with Gasteiger partial charge in [-0.15, -0.1) is 0 Å². The number of para-hydroxylation sites is 1. The van der Waals surface area contributed by atoms with Crippen molar-refractivity contribution in [2.45, 2.75) is 0 Å². The van der Waals surface area contributed by atoms with E-state index in [9.17, 15) is 0 Å². The largest absolute Gasteiger partial charge is 0.456 e. The molecule has 0 fully saturated rings. The summed E-state index contributed by atoms with van der Waals surface area (Å²) in [5.41, 5.74) is 7.56. The highest BCUT2D eigenvalue weighted by Crippen LogP contribution is 2.47. The van der Waals surface area contributed by atoms with Gasteiger partial charge in [-0.25, -0.2) is 0 Å². The van der Waals surface area contributed by atoms with Crippen LogP contribution in [0.4, 0.5) is 17.1 Å². The van der Waals surface area contributed by atoms with Crippen LogP contribution in [0, 0.1) is 0 Å². The van der Waals surface area contributed by atoms with Crippen molar-refractivity contribution in [2.75, 3.05) is 4.90 Å². The monoisotopic (exact) mass is 709 g/mol. The average Bonchev–Trinajstić information content (AvgIpc) is 3.63. The van der Waals surface area contributed by atoms with Crippen molar-refractivity contribution in [3.05, 3.63) is 188 Å². The van der Waals surface area contributed by atoms with Gasteiger partial charge in [0.15, 0.2) is 0 Å². The van der Waals surface area contributed by atoms with Gasteiger partial charge >= 0.3 is 0 Å². The van der Waals surface area contributed by atoms with Gasteiger partial charge in [-0.2, -0.15) is 0 Å². The minimum absolute atomic E-state index is 0.889. The first kappa shape index (κ1) is 30.0. The van der Waals surface area contributed by atoms with Gasteiger partial charge in [-0.3, -0.25) is 0 Å². The molecular weight excluding hydrogens is 679 g/mol. The van der Waals surface area contributed by atoms with E-state index in [4.69, 9.17) is 4.42 Å². The smallest absolute Gasteiger partial charge is 0.135 e. The van der Waals surface area contributed by atoms with Crippen LogP contribution in [-0.4, -0.2) is 0 Å². The molecule has 0 atom stereocenters. The van der Waals surface area contributed by atoms with Gasteiger partial charge in [-0.05, 0) is 136 Å². The molecule has 0 N–H and O–H groups in total. The van der Waals surface area contributed by atoms with Crippen LogP contribution in [0.2, 0.25) is 0 Å². The molecule has 0 bridgehead atoms. The molecule has 0 amide bonds. The standard InChI is InChI=1S/C54H31NO/c1-2-12-45-44(11-1)43(40-27-36-19-15-32-7-5-8-33-16-20-37(28-40)53(36)51(32)33)24-25-48(45)55(41-23-26-50-47(31-41)46-13-3-4-14-49(46)56-50)42-29-38-21-17-34-9-6-10-35-18-22-39(30-42)54(38)52(34)35/h1-31H. The van der Waals surface area contributed by atoms with Crippen LogP contribution in [0.15, 0.2) is 192 Å². The molecule has 0 aliphatic carbocycles. The Morgan fingerprint density at radius 1 is 0.304 bits per heavy atom. The molecule has 0 radical (unpaired) electrons. The van der Waals surface area contributed by atoms with Crippen molar-refractivity contribution in [3.63, 3.8) is 0 Å². The molecule has 0 saturated heterocycles. The van der Waals surface area contributed by atoms with E-state index in [1.807, 2.05) is 6.07 Å². The maximum atomic E-state index is 6.32. The van der Waals surface area contributed by atoms with E-state index < -0.39 is 0 Å². The Morgan fingerprint density at radius 3 is 1.43 bits per heavy atom. The minimum atomic E-state index is 0.889. The summed E-state index contributed by atoms with van der Waals surface area (Å²) in [6.45, 7) is 0.